The van der Waals surface area contributed by atoms with E-state index in [9.17, 15) is 9.90 Å². The molecule has 1 N–H and O–H groups in total. The molecule has 4 heteroatoms. The van der Waals surface area contributed by atoms with Gasteiger partial charge in [0.25, 0.3) is 0 Å². The molecule has 1 aromatic carbocycles. The van der Waals surface area contributed by atoms with E-state index in [4.69, 9.17) is 0 Å². The molecule has 0 fully saturated rings. The molecule has 0 saturated carbocycles. The standard InChI is InChI=1S/C9H9IO3/c1-13-9(12)8(11)6-2-4-7(10)5-3-6/h2-5,8,11H,1H3/t8-/m1/s1. The minimum Gasteiger partial charge on any atom is -0.467 e. The highest BCUT2D eigenvalue weighted by molar-refractivity contribution is 14.1. The second-order valence-electron chi connectivity index (χ2n) is 2.48. The first-order valence-electron chi connectivity index (χ1n) is 3.66. The molecule has 0 bridgehead atoms. The maximum Gasteiger partial charge on any atom is 0.339 e. The van der Waals surface area contributed by atoms with E-state index < -0.39 is 12.1 Å². The number of carbonyl (C=O) groups excluding carboxylic acids is 1. The third kappa shape index (κ3) is 2.67. The van der Waals surface area contributed by atoms with E-state index in [1.54, 1.807) is 12.1 Å². The van der Waals surface area contributed by atoms with Crippen LogP contribution in [0.4, 0.5) is 0 Å². The van der Waals surface area contributed by atoms with Crippen molar-refractivity contribution >= 4 is 28.6 Å². The van der Waals surface area contributed by atoms with Crippen LogP contribution < -0.4 is 0 Å². The minimum absolute atomic E-state index is 0.548. The van der Waals surface area contributed by atoms with Crippen LogP contribution in [0.1, 0.15) is 11.7 Å². The molecule has 0 aliphatic carbocycles. The molecule has 13 heavy (non-hydrogen) atoms. The molecular weight excluding hydrogens is 283 g/mol. The van der Waals surface area contributed by atoms with E-state index in [-0.39, 0.29) is 0 Å². The number of esters is 1. The molecule has 3 nitrogen and oxygen atoms in total. The van der Waals surface area contributed by atoms with Gasteiger partial charge >= 0.3 is 5.97 Å². The van der Waals surface area contributed by atoms with Crippen molar-refractivity contribution in [2.24, 2.45) is 0 Å². The number of benzene rings is 1. The van der Waals surface area contributed by atoms with Crippen LogP contribution >= 0.6 is 22.6 Å². The molecule has 0 heterocycles. The van der Waals surface area contributed by atoms with Gasteiger partial charge in [-0.2, -0.15) is 0 Å². The van der Waals surface area contributed by atoms with Crippen molar-refractivity contribution in [2.75, 3.05) is 7.11 Å². The second-order valence-corrected chi connectivity index (χ2v) is 3.72. The Kier molecular flexibility index (Phi) is 3.68. The highest BCUT2D eigenvalue weighted by atomic mass is 127. The van der Waals surface area contributed by atoms with E-state index in [0.29, 0.717) is 5.56 Å². The second kappa shape index (κ2) is 4.57. The number of hydrogen-bond acceptors (Lipinski definition) is 3. The fourth-order valence-corrected chi connectivity index (χ4v) is 1.25. The lowest BCUT2D eigenvalue weighted by molar-refractivity contribution is -0.150. The van der Waals surface area contributed by atoms with E-state index in [2.05, 4.69) is 27.3 Å². The summed E-state index contributed by atoms with van der Waals surface area (Å²) in [4.78, 5) is 10.9. The highest BCUT2D eigenvalue weighted by Crippen LogP contribution is 2.15. The molecule has 0 radical (unpaired) electrons. The van der Waals surface area contributed by atoms with Gasteiger partial charge in [0.05, 0.1) is 7.11 Å². The molecule has 1 atom stereocenters. The number of carbonyl (C=O) groups is 1. The van der Waals surface area contributed by atoms with Crippen molar-refractivity contribution < 1.29 is 14.6 Å². The molecule has 70 valence electrons. The molecule has 1 rings (SSSR count). The Labute approximate surface area is 89.9 Å². The summed E-state index contributed by atoms with van der Waals surface area (Å²) in [7, 11) is 1.25. The van der Waals surface area contributed by atoms with Gasteiger partial charge in [-0.05, 0) is 40.3 Å². The van der Waals surface area contributed by atoms with Crippen LogP contribution in [0, 0.1) is 3.57 Å². The zero-order chi connectivity index (χ0) is 9.84. The fourth-order valence-electron chi connectivity index (χ4n) is 0.893. The molecule has 0 aliphatic rings. The predicted octanol–water partition coefficient (Wildman–Crippen LogP) is 1.50. The van der Waals surface area contributed by atoms with Crippen LogP contribution in [0.2, 0.25) is 0 Å². The maximum atomic E-state index is 10.9. The number of aliphatic hydroxyl groups excluding tert-OH is 1. The van der Waals surface area contributed by atoms with Gasteiger partial charge in [-0.3, -0.25) is 0 Å². The van der Waals surface area contributed by atoms with Gasteiger partial charge < -0.3 is 9.84 Å². The molecule has 1 aromatic rings. The quantitative estimate of drug-likeness (QED) is 0.663. The Bertz CT molecular complexity index is 294. The lowest BCUT2D eigenvalue weighted by Gasteiger charge is -2.07. The number of ether oxygens (including phenoxy) is 1. The van der Waals surface area contributed by atoms with E-state index in [1.165, 1.54) is 7.11 Å². The van der Waals surface area contributed by atoms with Gasteiger partial charge in [0, 0.05) is 3.57 Å². The Balaban J connectivity index is 2.83. The first kappa shape index (κ1) is 10.5. The molecule has 0 unspecified atom stereocenters. The van der Waals surface area contributed by atoms with Crippen molar-refractivity contribution in [3.63, 3.8) is 0 Å². The maximum absolute atomic E-state index is 10.9. The smallest absolute Gasteiger partial charge is 0.339 e. The number of rotatable bonds is 2. The summed E-state index contributed by atoms with van der Waals surface area (Å²) >= 11 is 2.15. The monoisotopic (exact) mass is 292 g/mol. The fraction of sp³-hybridized carbons (Fsp3) is 0.222. The third-order valence-electron chi connectivity index (χ3n) is 1.61. The summed E-state index contributed by atoms with van der Waals surface area (Å²) < 4.78 is 5.46. The summed E-state index contributed by atoms with van der Waals surface area (Å²) in [6.07, 6.45) is -1.18. The number of methoxy groups -OCH3 is 1. The van der Waals surface area contributed by atoms with E-state index in [1.807, 2.05) is 12.1 Å². The lowest BCUT2D eigenvalue weighted by atomic mass is 10.1. The predicted molar refractivity (Wildman–Crippen MR) is 56.1 cm³/mol. The summed E-state index contributed by atoms with van der Waals surface area (Å²) in [5, 5.41) is 9.40. The Morgan fingerprint density at radius 3 is 2.46 bits per heavy atom. The average Bonchev–Trinajstić information content (AvgIpc) is 2.17. The SMILES string of the molecule is COC(=O)[C@H](O)c1ccc(I)cc1. The number of halogens is 1. The summed E-state index contributed by atoms with van der Waals surface area (Å²) in [6.45, 7) is 0. The van der Waals surface area contributed by atoms with Gasteiger partial charge in [-0.15, -0.1) is 0 Å². The van der Waals surface area contributed by atoms with Crippen molar-refractivity contribution in [1.29, 1.82) is 0 Å². The molecule has 0 saturated heterocycles. The Hall–Kier alpha value is -0.620. The van der Waals surface area contributed by atoms with Crippen LogP contribution in [-0.2, 0) is 9.53 Å². The van der Waals surface area contributed by atoms with Crippen LogP contribution in [0.5, 0.6) is 0 Å². The van der Waals surface area contributed by atoms with Gasteiger partial charge in [0.15, 0.2) is 6.10 Å². The number of aliphatic hydroxyl groups is 1. The largest absolute Gasteiger partial charge is 0.467 e. The van der Waals surface area contributed by atoms with Crippen LogP contribution in [0.25, 0.3) is 0 Å². The topological polar surface area (TPSA) is 46.5 Å². The van der Waals surface area contributed by atoms with Crippen LogP contribution in [0.15, 0.2) is 24.3 Å². The average molecular weight is 292 g/mol. The molecular formula is C9H9IO3. The summed E-state index contributed by atoms with van der Waals surface area (Å²) in [5.74, 6) is -0.638. The molecule has 0 amide bonds. The van der Waals surface area contributed by atoms with Gasteiger partial charge in [-0.1, -0.05) is 12.1 Å². The normalized spacial score (nSPS) is 12.2. The first-order chi connectivity index (χ1) is 6.15. The third-order valence-corrected chi connectivity index (χ3v) is 2.33. The lowest BCUT2D eigenvalue weighted by Crippen LogP contribution is -2.13. The summed E-state index contributed by atoms with van der Waals surface area (Å²) in [5.41, 5.74) is 0.548. The van der Waals surface area contributed by atoms with Gasteiger partial charge in [0.2, 0.25) is 0 Å². The first-order valence-corrected chi connectivity index (χ1v) is 4.74. The summed E-state index contributed by atoms with van der Waals surface area (Å²) in [6, 6.07) is 7.04. The van der Waals surface area contributed by atoms with Crippen LogP contribution in [-0.4, -0.2) is 18.2 Å². The zero-order valence-corrected chi connectivity index (χ0v) is 9.19. The molecule has 0 aromatic heterocycles. The van der Waals surface area contributed by atoms with Crippen LogP contribution in [0.3, 0.4) is 0 Å². The highest BCUT2D eigenvalue weighted by Gasteiger charge is 2.16. The van der Waals surface area contributed by atoms with Crippen molar-refractivity contribution in [3.05, 3.63) is 33.4 Å². The van der Waals surface area contributed by atoms with Crippen molar-refractivity contribution in [3.8, 4) is 0 Å². The minimum atomic E-state index is -1.18. The van der Waals surface area contributed by atoms with Crippen molar-refractivity contribution in [2.45, 2.75) is 6.10 Å². The van der Waals surface area contributed by atoms with E-state index in [0.717, 1.165) is 3.57 Å². The van der Waals surface area contributed by atoms with E-state index >= 15 is 0 Å². The van der Waals surface area contributed by atoms with Gasteiger partial charge in [0.1, 0.15) is 0 Å². The van der Waals surface area contributed by atoms with Gasteiger partial charge in [-0.25, -0.2) is 4.79 Å². The van der Waals surface area contributed by atoms with Crippen molar-refractivity contribution in [1.82, 2.24) is 0 Å². The Morgan fingerprint density at radius 1 is 1.46 bits per heavy atom. The zero-order valence-electron chi connectivity index (χ0n) is 7.03. The molecule has 0 aliphatic heterocycles. The molecule has 0 spiro atoms. The Morgan fingerprint density at radius 2 is 2.00 bits per heavy atom. The number of hydrogen-bond donors (Lipinski definition) is 1.